The molecule has 3 atom stereocenters. The van der Waals surface area contributed by atoms with E-state index in [1.165, 1.54) is 16.6 Å². The third kappa shape index (κ3) is 3.98. The first-order chi connectivity index (χ1) is 16.0. The standard InChI is InChI=1S/C20H22F5N7O2/c1-10-3-6-14(33-9-19(21,22)20(23,24)25)16-28-17(29-32(10)16)27-15-12-4-5-13(15)8-31(7-12)18-26-11(2)30-34-18/h3,6,12-13,15H,4-5,7-9H2,1-2H3,(H,27,29)/t12-,13?,15?/m0/s1. The number of pyridine rings is 1. The molecule has 184 valence electrons. The third-order valence-electron chi connectivity index (χ3n) is 6.38. The fraction of sp³-hybridized carbons (Fsp3) is 0.600. The van der Waals surface area contributed by atoms with E-state index in [4.69, 9.17) is 9.26 Å². The van der Waals surface area contributed by atoms with Crippen molar-refractivity contribution in [3.8, 4) is 5.75 Å². The fourth-order valence-electron chi connectivity index (χ4n) is 4.66. The van der Waals surface area contributed by atoms with Crippen LogP contribution in [0.1, 0.15) is 24.4 Å². The van der Waals surface area contributed by atoms with E-state index in [1.54, 1.807) is 13.8 Å². The van der Waals surface area contributed by atoms with Gasteiger partial charge in [0, 0.05) is 24.8 Å². The number of alkyl halides is 5. The van der Waals surface area contributed by atoms with Crippen LogP contribution in [0, 0.1) is 25.7 Å². The normalized spacial score (nSPS) is 23.0. The molecule has 1 aliphatic carbocycles. The van der Waals surface area contributed by atoms with Crippen LogP contribution < -0.4 is 15.0 Å². The van der Waals surface area contributed by atoms with Crippen LogP contribution in [0.5, 0.6) is 5.75 Å². The van der Waals surface area contributed by atoms with Gasteiger partial charge in [-0.05, 0) is 50.7 Å². The van der Waals surface area contributed by atoms with Crippen molar-refractivity contribution < 1.29 is 31.2 Å². The number of hydrogen-bond acceptors (Lipinski definition) is 8. The first kappa shape index (κ1) is 22.6. The Balaban J connectivity index is 1.33. The Morgan fingerprint density at radius 2 is 1.79 bits per heavy atom. The SMILES string of the molecule is Cc1noc(N2CC3CC[C@@H](C2)C3Nc2nc3c(OCC(F)(F)C(F)(F)F)ccc(C)n3n2)n1. The van der Waals surface area contributed by atoms with Gasteiger partial charge in [0.1, 0.15) is 0 Å². The maximum atomic E-state index is 13.3. The molecule has 1 N–H and O–H groups in total. The highest BCUT2D eigenvalue weighted by atomic mass is 19.4. The average Bonchev–Trinajstić information content (AvgIpc) is 3.44. The van der Waals surface area contributed by atoms with Crippen LogP contribution in [0.3, 0.4) is 0 Å². The van der Waals surface area contributed by atoms with Crippen LogP contribution in [-0.2, 0) is 0 Å². The van der Waals surface area contributed by atoms with Crippen molar-refractivity contribution in [1.29, 1.82) is 0 Å². The molecule has 0 amide bonds. The number of fused-ring (bicyclic) bond motifs is 3. The molecular weight excluding hydrogens is 465 g/mol. The van der Waals surface area contributed by atoms with E-state index < -0.39 is 18.7 Å². The van der Waals surface area contributed by atoms with Gasteiger partial charge in [0.25, 0.3) is 0 Å². The number of aromatic nitrogens is 5. The number of nitrogens with zero attached hydrogens (tertiary/aromatic N) is 6. The second-order valence-electron chi connectivity index (χ2n) is 8.80. The highest BCUT2D eigenvalue weighted by Crippen LogP contribution is 2.40. The Hall–Kier alpha value is -3.19. The predicted molar refractivity (Wildman–Crippen MR) is 109 cm³/mol. The summed E-state index contributed by atoms with van der Waals surface area (Å²) < 4.78 is 75.7. The molecular formula is C20H22F5N7O2. The quantitative estimate of drug-likeness (QED) is 0.527. The summed E-state index contributed by atoms with van der Waals surface area (Å²) in [6, 6.07) is 3.38. The molecule has 2 aliphatic rings. The van der Waals surface area contributed by atoms with Crippen molar-refractivity contribution in [3.05, 3.63) is 23.7 Å². The summed E-state index contributed by atoms with van der Waals surface area (Å²) in [5.41, 5.74) is 0.682. The van der Waals surface area contributed by atoms with Gasteiger partial charge in [-0.15, -0.1) is 5.10 Å². The third-order valence-corrected chi connectivity index (χ3v) is 6.38. The lowest BCUT2D eigenvalue weighted by Gasteiger charge is -2.37. The smallest absolute Gasteiger partial charge is 0.456 e. The zero-order valence-corrected chi connectivity index (χ0v) is 18.3. The minimum atomic E-state index is -5.71. The molecule has 4 heterocycles. The average molecular weight is 487 g/mol. The number of anilines is 2. The van der Waals surface area contributed by atoms with Crippen molar-refractivity contribution in [3.63, 3.8) is 0 Å². The molecule has 1 saturated heterocycles. The van der Waals surface area contributed by atoms with Crippen molar-refractivity contribution in [1.82, 2.24) is 24.7 Å². The van der Waals surface area contributed by atoms with E-state index in [0.717, 1.165) is 12.8 Å². The van der Waals surface area contributed by atoms with Gasteiger partial charge in [0.15, 0.2) is 23.8 Å². The molecule has 0 radical (unpaired) electrons. The molecule has 1 saturated carbocycles. The first-order valence-corrected chi connectivity index (χ1v) is 10.8. The molecule has 3 aromatic rings. The number of halogens is 5. The topological polar surface area (TPSA) is 93.6 Å². The number of ether oxygens (including phenoxy) is 1. The van der Waals surface area contributed by atoms with Crippen LogP contribution in [-0.4, -0.2) is 62.6 Å². The second-order valence-corrected chi connectivity index (χ2v) is 8.80. The van der Waals surface area contributed by atoms with E-state index in [2.05, 4.69) is 30.4 Å². The Morgan fingerprint density at radius 3 is 2.41 bits per heavy atom. The van der Waals surface area contributed by atoms with Gasteiger partial charge < -0.3 is 19.5 Å². The molecule has 9 nitrogen and oxygen atoms in total. The molecule has 0 aromatic carbocycles. The van der Waals surface area contributed by atoms with Crippen molar-refractivity contribution >= 4 is 17.6 Å². The zero-order valence-electron chi connectivity index (χ0n) is 18.3. The summed E-state index contributed by atoms with van der Waals surface area (Å²) in [6.45, 7) is 3.05. The summed E-state index contributed by atoms with van der Waals surface area (Å²) in [4.78, 5) is 10.7. The molecule has 14 heteroatoms. The number of piperidine rings is 1. The number of nitrogens with one attached hydrogen (secondary N) is 1. The minimum Gasteiger partial charge on any atom is -0.483 e. The second kappa shape index (κ2) is 7.94. The van der Waals surface area contributed by atoms with Gasteiger partial charge in [-0.1, -0.05) is 5.16 Å². The molecule has 1 aliphatic heterocycles. The Labute approximate surface area is 190 Å². The van der Waals surface area contributed by atoms with E-state index in [0.29, 0.717) is 30.6 Å². The zero-order chi connectivity index (χ0) is 24.3. The van der Waals surface area contributed by atoms with Gasteiger partial charge in [-0.2, -0.15) is 31.9 Å². The van der Waals surface area contributed by atoms with Gasteiger partial charge >= 0.3 is 18.1 Å². The molecule has 3 aromatic heterocycles. The lowest BCUT2D eigenvalue weighted by molar-refractivity contribution is -0.289. The molecule has 2 fully saturated rings. The largest absolute Gasteiger partial charge is 0.483 e. The van der Waals surface area contributed by atoms with Gasteiger partial charge in [0.05, 0.1) is 0 Å². The molecule has 2 bridgehead atoms. The summed E-state index contributed by atoms with van der Waals surface area (Å²) in [5, 5.41) is 11.6. The number of hydrogen-bond donors (Lipinski definition) is 1. The molecule has 2 unspecified atom stereocenters. The minimum absolute atomic E-state index is 0.0617. The van der Waals surface area contributed by atoms with E-state index in [-0.39, 0.29) is 35.2 Å². The molecule has 34 heavy (non-hydrogen) atoms. The summed E-state index contributed by atoms with van der Waals surface area (Å²) in [7, 11) is 0. The van der Waals surface area contributed by atoms with Crippen molar-refractivity contribution in [2.45, 2.75) is 44.8 Å². The van der Waals surface area contributed by atoms with E-state index >= 15 is 0 Å². The van der Waals surface area contributed by atoms with Crippen LogP contribution in [0.4, 0.5) is 33.9 Å². The van der Waals surface area contributed by atoms with Crippen LogP contribution >= 0.6 is 0 Å². The van der Waals surface area contributed by atoms with E-state index in [1.807, 2.05) is 0 Å². The van der Waals surface area contributed by atoms with Crippen LogP contribution in [0.2, 0.25) is 0 Å². The Kier molecular flexibility index (Phi) is 5.28. The van der Waals surface area contributed by atoms with Crippen LogP contribution in [0.25, 0.3) is 5.65 Å². The van der Waals surface area contributed by atoms with Crippen molar-refractivity contribution in [2.75, 3.05) is 29.9 Å². The van der Waals surface area contributed by atoms with Gasteiger partial charge in [0.2, 0.25) is 5.95 Å². The van der Waals surface area contributed by atoms with E-state index in [9.17, 15) is 22.0 Å². The summed E-state index contributed by atoms with van der Waals surface area (Å²) in [5.74, 6) is -3.84. The maximum absolute atomic E-state index is 13.3. The van der Waals surface area contributed by atoms with Crippen LogP contribution in [0.15, 0.2) is 16.7 Å². The first-order valence-electron chi connectivity index (χ1n) is 10.8. The predicted octanol–water partition coefficient (Wildman–Crippen LogP) is 3.63. The summed E-state index contributed by atoms with van der Waals surface area (Å²) in [6.07, 6.45) is -3.74. The number of rotatable bonds is 6. The monoisotopic (exact) mass is 487 g/mol. The maximum Gasteiger partial charge on any atom is 0.456 e. The van der Waals surface area contributed by atoms with Gasteiger partial charge in [-0.3, -0.25) is 0 Å². The fourth-order valence-corrected chi connectivity index (χ4v) is 4.66. The highest BCUT2D eigenvalue weighted by molar-refractivity contribution is 5.57. The highest BCUT2D eigenvalue weighted by Gasteiger charge is 2.58. The molecule has 0 spiro atoms. The Bertz CT molecular complexity index is 1180. The van der Waals surface area contributed by atoms with Crippen molar-refractivity contribution in [2.24, 2.45) is 11.8 Å². The molecule has 5 rings (SSSR count). The lowest BCUT2D eigenvalue weighted by atomic mass is 9.92. The Morgan fingerprint density at radius 1 is 1.09 bits per heavy atom. The number of aryl methyl sites for hydroxylation is 2. The van der Waals surface area contributed by atoms with Gasteiger partial charge in [-0.25, -0.2) is 4.52 Å². The summed E-state index contributed by atoms with van der Waals surface area (Å²) >= 11 is 0. The lowest BCUT2D eigenvalue weighted by Crippen LogP contribution is -2.48.